The maximum atomic E-state index is 13.2. The smallest absolute Gasteiger partial charge is 0.407 e. The fourth-order valence-electron chi connectivity index (χ4n) is 4.50. The Morgan fingerprint density at radius 2 is 1.68 bits per heavy atom. The molecule has 1 aliphatic heterocycles. The molecule has 1 aliphatic rings. The minimum absolute atomic E-state index is 0.201. The van der Waals surface area contributed by atoms with Crippen LogP contribution in [-0.4, -0.2) is 37.2 Å². The number of methoxy groups -OCH3 is 1. The zero-order valence-electron chi connectivity index (χ0n) is 23.7. The molecule has 4 rings (SSSR count). The van der Waals surface area contributed by atoms with Gasteiger partial charge in [0, 0.05) is 23.8 Å². The van der Waals surface area contributed by atoms with E-state index in [1.807, 2.05) is 75.4 Å². The monoisotopic (exact) mass is 556 g/mol. The van der Waals surface area contributed by atoms with Crippen molar-refractivity contribution in [2.24, 2.45) is 5.73 Å². The zero-order valence-corrected chi connectivity index (χ0v) is 23.7. The lowest BCUT2D eigenvalue weighted by Crippen LogP contribution is -2.33. The summed E-state index contributed by atoms with van der Waals surface area (Å²) in [5.74, 6) is -0.745. The maximum absolute atomic E-state index is 13.2. The SMILES string of the molecule is COC(=O)c1ccc2c(c1)NC(=O)/C2=C(\Nc1ccc(C(N)CCCNC(=O)OC(C)(C)C)cc1)c1ccccc1. The number of carbonyl (C=O) groups is 3. The molecule has 41 heavy (non-hydrogen) atoms. The van der Waals surface area contributed by atoms with Crippen molar-refractivity contribution >= 4 is 40.6 Å². The fourth-order valence-corrected chi connectivity index (χ4v) is 4.50. The third-order valence-electron chi connectivity index (χ3n) is 6.47. The highest BCUT2D eigenvalue weighted by molar-refractivity contribution is 6.37. The number of anilines is 2. The predicted molar refractivity (Wildman–Crippen MR) is 160 cm³/mol. The number of benzene rings is 3. The first kappa shape index (κ1) is 29.4. The molecule has 0 saturated carbocycles. The highest BCUT2D eigenvalue weighted by atomic mass is 16.6. The molecule has 0 aliphatic carbocycles. The summed E-state index contributed by atoms with van der Waals surface area (Å²) >= 11 is 0. The summed E-state index contributed by atoms with van der Waals surface area (Å²) < 4.78 is 10.1. The van der Waals surface area contributed by atoms with Crippen LogP contribution >= 0.6 is 0 Å². The molecule has 3 aromatic carbocycles. The van der Waals surface area contributed by atoms with Crippen molar-refractivity contribution in [3.63, 3.8) is 0 Å². The largest absolute Gasteiger partial charge is 0.465 e. The van der Waals surface area contributed by atoms with Gasteiger partial charge in [-0.15, -0.1) is 0 Å². The molecule has 1 heterocycles. The van der Waals surface area contributed by atoms with Gasteiger partial charge in [0.1, 0.15) is 5.60 Å². The molecular formula is C32H36N4O5. The van der Waals surface area contributed by atoms with Gasteiger partial charge in [-0.05, 0) is 69.0 Å². The van der Waals surface area contributed by atoms with E-state index in [-0.39, 0.29) is 11.9 Å². The van der Waals surface area contributed by atoms with E-state index in [0.717, 1.165) is 16.8 Å². The molecule has 1 unspecified atom stereocenters. The second-order valence-corrected chi connectivity index (χ2v) is 10.7. The van der Waals surface area contributed by atoms with Crippen LogP contribution in [-0.2, 0) is 14.3 Å². The molecule has 9 nitrogen and oxygen atoms in total. The summed E-state index contributed by atoms with van der Waals surface area (Å²) in [4.78, 5) is 37.0. The molecule has 0 spiro atoms. The van der Waals surface area contributed by atoms with Gasteiger partial charge in [-0.25, -0.2) is 9.59 Å². The molecule has 0 saturated heterocycles. The molecule has 0 bridgehead atoms. The summed E-state index contributed by atoms with van der Waals surface area (Å²) in [6, 6.07) is 22.1. The normalized spacial score (nSPS) is 14.4. The average Bonchev–Trinajstić information content (AvgIpc) is 3.27. The van der Waals surface area contributed by atoms with Crippen molar-refractivity contribution in [3.8, 4) is 0 Å². The van der Waals surface area contributed by atoms with Gasteiger partial charge in [0.25, 0.3) is 5.91 Å². The topological polar surface area (TPSA) is 132 Å². The average molecular weight is 557 g/mol. The Balaban J connectivity index is 1.50. The van der Waals surface area contributed by atoms with Gasteiger partial charge >= 0.3 is 12.1 Å². The van der Waals surface area contributed by atoms with E-state index in [2.05, 4.69) is 16.0 Å². The summed E-state index contributed by atoms with van der Waals surface area (Å²) in [5, 5.41) is 9.06. The van der Waals surface area contributed by atoms with E-state index in [9.17, 15) is 14.4 Å². The number of esters is 1. The van der Waals surface area contributed by atoms with Gasteiger partial charge in [0.05, 0.1) is 29.6 Å². The third-order valence-corrected chi connectivity index (χ3v) is 6.47. The van der Waals surface area contributed by atoms with E-state index in [1.165, 1.54) is 7.11 Å². The Kier molecular flexibility index (Phi) is 9.09. The number of amides is 2. The fraction of sp³-hybridized carbons (Fsp3) is 0.281. The Morgan fingerprint density at radius 3 is 2.34 bits per heavy atom. The van der Waals surface area contributed by atoms with Gasteiger partial charge in [-0.2, -0.15) is 0 Å². The highest BCUT2D eigenvalue weighted by Gasteiger charge is 2.29. The molecule has 0 fully saturated rings. The van der Waals surface area contributed by atoms with Crippen LogP contribution in [0.1, 0.15) is 66.7 Å². The number of alkyl carbamates (subject to hydrolysis) is 1. The van der Waals surface area contributed by atoms with Crippen molar-refractivity contribution in [1.82, 2.24) is 5.32 Å². The number of ether oxygens (including phenoxy) is 2. The molecular weight excluding hydrogens is 520 g/mol. The predicted octanol–water partition coefficient (Wildman–Crippen LogP) is 5.71. The second-order valence-electron chi connectivity index (χ2n) is 10.7. The number of carbonyl (C=O) groups excluding carboxylic acids is 3. The summed E-state index contributed by atoms with van der Waals surface area (Å²) in [5.41, 5.74) is 11.2. The third kappa shape index (κ3) is 7.52. The number of fused-ring (bicyclic) bond motifs is 1. The van der Waals surface area contributed by atoms with E-state index >= 15 is 0 Å². The van der Waals surface area contributed by atoms with Gasteiger partial charge in [-0.1, -0.05) is 48.5 Å². The van der Waals surface area contributed by atoms with Crippen LogP contribution in [0.2, 0.25) is 0 Å². The van der Waals surface area contributed by atoms with E-state index in [1.54, 1.807) is 18.2 Å². The van der Waals surface area contributed by atoms with Crippen molar-refractivity contribution < 1.29 is 23.9 Å². The van der Waals surface area contributed by atoms with Crippen molar-refractivity contribution in [2.75, 3.05) is 24.3 Å². The lowest BCUT2D eigenvalue weighted by Gasteiger charge is -2.20. The molecule has 0 radical (unpaired) electrons. The van der Waals surface area contributed by atoms with E-state index in [4.69, 9.17) is 15.2 Å². The summed E-state index contributed by atoms with van der Waals surface area (Å²) in [7, 11) is 1.32. The van der Waals surface area contributed by atoms with Crippen molar-refractivity contribution in [3.05, 3.63) is 95.1 Å². The standard InChI is InChI=1S/C32H36N4O5/c1-32(2,3)41-31(39)34-18-8-11-25(33)20-12-15-23(16-13-20)35-28(21-9-6-5-7-10-21)27-24-17-14-22(30(38)40-4)19-26(24)36-29(27)37/h5-7,9-10,12-17,19,25,35H,8,11,18,33H2,1-4H3,(H,34,39)(H,36,37)/b28-27-. The molecule has 2 amide bonds. The van der Waals surface area contributed by atoms with Crippen LogP contribution in [0.5, 0.6) is 0 Å². The lowest BCUT2D eigenvalue weighted by molar-refractivity contribution is -0.110. The second kappa shape index (κ2) is 12.7. The van der Waals surface area contributed by atoms with E-state index in [0.29, 0.717) is 47.5 Å². The van der Waals surface area contributed by atoms with Crippen molar-refractivity contribution in [2.45, 2.75) is 45.3 Å². The zero-order chi connectivity index (χ0) is 29.6. The molecule has 0 aromatic heterocycles. The number of hydrogen-bond acceptors (Lipinski definition) is 7. The summed E-state index contributed by atoms with van der Waals surface area (Å²) in [6.07, 6.45) is 0.954. The number of hydrogen-bond donors (Lipinski definition) is 4. The Hall–Kier alpha value is -4.63. The van der Waals surface area contributed by atoms with Crippen LogP contribution in [0.4, 0.5) is 16.2 Å². The van der Waals surface area contributed by atoms with Crippen LogP contribution in [0.3, 0.4) is 0 Å². The first-order valence-electron chi connectivity index (χ1n) is 13.5. The van der Waals surface area contributed by atoms with E-state index < -0.39 is 17.7 Å². The molecule has 9 heteroatoms. The van der Waals surface area contributed by atoms with Crippen LogP contribution in [0.25, 0.3) is 11.3 Å². The van der Waals surface area contributed by atoms with Crippen molar-refractivity contribution in [1.29, 1.82) is 0 Å². The quantitative estimate of drug-likeness (QED) is 0.151. The van der Waals surface area contributed by atoms with Gasteiger partial charge in [0.15, 0.2) is 0 Å². The van der Waals surface area contributed by atoms with Gasteiger partial charge in [0.2, 0.25) is 0 Å². The van der Waals surface area contributed by atoms with Crippen LogP contribution in [0.15, 0.2) is 72.8 Å². The first-order chi connectivity index (χ1) is 19.6. The number of nitrogens with one attached hydrogen (secondary N) is 3. The Morgan fingerprint density at radius 1 is 0.976 bits per heavy atom. The Bertz CT molecular complexity index is 1440. The molecule has 3 aromatic rings. The van der Waals surface area contributed by atoms with Gasteiger partial charge in [-0.3, -0.25) is 4.79 Å². The van der Waals surface area contributed by atoms with Crippen LogP contribution in [0, 0.1) is 0 Å². The van der Waals surface area contributed by atoms with Crippen LogP contribution < -0.4 is 21.7 Å². The molecule has 1 atom stereocenters. The maximum Gasteiger partial charge on any atom is 0.407 e. The molecule has 214 valence electrons. The first-order valence-corrected chi connectivity index (χ1v) is 13.5. The van der Waals surface area contributed by atoms with Gasteiger partial charge < -0.3 is 31.2 Å². The molecule has 5 N–H and O–H groups in total. The number of nitrogens with two attached hydrogens (primary N) is 1. The Labute approximate surface area is 240 Å². The minimum atomic E-state index is -0.536. The minimum Gasteiger partial charge on any atom is -0.465 e. The number of rotatable bonds is 9. The highest BCUT2D eigenvalue weighted by Crippen LogP contribution is 2.38. The lowest BCUT2D eigenvalue weighted by atomic mass is 9.98. The summed E-state index contributed by atoms with van der Waals surface area (Å²) in [6.45, 7) is 5.94.